The highest BCUT2D eigenvalue weighted by Gasteiger charge is 2.32. The smallest absolute Gasteiger partial charge is 0.254 e. The maximum Gasteiger partial charge on any atom is 0.254 e. The van der Waals surface area contributed by atoms with Crippen LogP contribution in [-0.4, -0.2) is 37.1 Å². The van der Waals surface area contributed by atoms with Gasteiger partial charge < -0.3 is 9.64 Å². The molecular formula is C12H14FNO2. The average molecular weight is 223 g/mol. The number of methoxy groups -OCH3 is 1. The molecule has 0 saturated carbocycles. The third kappa shape index (κ3) is 2.07. The van der Waals surface area contributed by atoms with Gasteiger partial charge in [0.2, 0.25) is 0 Å². The SMILES string of the molecule is COCC1CCN1C(=O)c1ccc(F)cc1. The van der Waals surface area contributed by atoms with Gasteiger partial charge in [-0.15, -0.1) is 0 Å². The van der Waals surface area contributed by atoms with Crippen LogP contribution >= 0.6 is 0 Å². The number of likely N-dealkylation sites (tertiary alicyclic amines) is 1. The predicted molar refractivity (Wildman–Crippen MR) is 57.7 cm³/mol. The third-order valence-corrected chi connectivity index (χ3v) is 2.86. The van der Waals surface area contributed by atoms with Crippen molar-refractivity contribution in [1.82, 2.24) is 4.90 Å². The first-order valence-corrected chi connectivity index (χ1v) is 5.28. The molecule has 2 rings (SSSR count). The maximum absolute atomic E-state index is 12.7. The molecule has 0 spiro atoms. The fourth-order valence-electron chi connectivity index (χ4n) is 1.83. The van der Waals surface area contributed by atoms with Gasteiger partial charge in [-0.25, -0.2) is 4.39 Å². The minimum absolute atomic E-state index is 0.0479. The van der Waals surface area contributed by atoms with Crippen LogP contribution in [0.5, 0.6) is 0 Å². The summed E-state index contributed by atoms with van der Waals surface area (Å²) in [5, 5.41) is 0. The van der Waals surface area contributed by atoms with E-state index in [9.17, 15) is 9.18 Å². The third-order valence-electron chi connectivity index (χ3n) is 2.86. The number of rotatable bonds is 3. The quantitative estimate of drug-likeness (QED) is 0.780. The summed E-state index contributed by atoms with van der Waals surface area (Å²) in [6.45, 7) is 1.32. The minimum Gasteiger partial charge on any atom is -0.383 e. The van der Waals surface area contributed by atoms with E-state index in [1.807, 2.05) is 0 Å². The second kappa shape index (κ2) is 4.61. The number of amides is 1. The Labute approximate surface area is 93.8 Å². The number of hydrogen-bond donors (Lipinski definition) is 0. The minimum atomic E-state index is -0.325. The van der Waals surface area contributed by atoms with E-state index < -0.39 is 0 Å². The zero-order valence-electron chi connectivity index (χ0n) is 9.15. The number of halogens is 1. The van der Waals surface area contributed by atoms with Crippen molar-refractivity contribution in [2.45, 2.75) is 12.5 Å². The lowest BCUT2D eigenvalue weighted by molar-refractivity contribution is 0.0202. The Morgan fingerprint density at radius 2 is 2.19 bits per heavy atom. The number of ether oxygens (including phenoxy) is 1. The zero-order chi connectivity index (χ0) is 11.5. The number of benzene rings is 1. The van der Waals surface area contributed by atoms with Crippen LogP contribution in [-0.2, 0) is 4.74 Å². The van der Waals surface area contributed by atoms with Crippen LogP contribution in [0, 0.1) is 5.82 Å². The molecule has 1 aromatic carbocycles. The van der Waals surface area contributed by atoms with Crippen LogP contribution in [0.2, 0.25) is 0 Å². The van der Waals surface area contributed by atoms with Crippen LogP contribution in [0.1, 0.15) is 16.8 Å². The molecule has 1 aliphatic heterocycles. The summed E-state index contributed by atoms with van der Waals surface area (Å²) in [6, 6.07) is 5.80. The van der Waals surface area contributed by atoms with Crippen LogP contribution in [0.15, 0.2) is 24.3 Å². The van der Waals surface area contributed by atoms with Crippen LogP contribution in [0.3, 0.4) is 0 Å². The lowest BCUT2D eigenvalue weighted by Gasteiger charge is -2.40. The number of hydrogen-bond acceptors (Lipinski definition) is 2. The van der Waals surface area contributed by atoms with Crippen molar-refractivity contribution < 1.29 is 13.9 Å². The molecule has 3 nitrogen and oxygen atoms in total. The van der Waals surface area contributed by atoms with Gasteiger partial charge in [0, 0.05) is 19.2 Å². The average Bonchev–Trinajstić information content (AvgIpc) is 2.25. The molecule has 16 heavy (non-hydrogen) atoms. The van der Waals surface area contributed by atoms with Gasteiger partial charge in [-0.05, 0) is 30.7 Å². The molecule has 1 aromatic rings. The van der Waals surface area contributed by atoms with E-state index in [-0.39, 0.29) is 17.8 Å². The molecule has 86 valence electrons. The van der Waals surface area contributed by atoms with Gasteiger partial charge in [0.1, 0.15) is 5.82 Å². The number of nitrogens with zero attached hydrogens (tertiary/aromatic N) is 1. The van der Waals surface area contributed by atoms with Crippen molar-refractivity contribution in [3.63, 3.8) is 0 Å². The molecule has 4 heteroatoms. The van der Waals surface area contributed by atoms with Gasteiger partial charge in [-0.2, -0.15) is 0 Å². The maximum atomic E-state index is 12.7. The zero-order valence-corrected chi connectivity index (χ0v) is 9.15. The van der Waals surface area contributed by atoms with E-state index in [1.54, 1.807) is 12.0 Å². The second-order valence-corrected chi connectivity index (χ2v) is 3.90. The van der Waals surface area contributed by atoms with Crippen LogP contribution in [0.25, 0.3) is 0 Å². The lowest BCUT2D eigenvalue weighted by atomic mass is 10.0. The highest BCUT2D eigenvalue weighted by atomic mass is 19.1. The molecular weight excluding hydrogens is 209 g/mol. The Morgan fingerprint density at radius 3 is 2.69 bits per heavy atom. The van der Waals surface area contributed by atoms with E-state index in [4.69, 9.17) is 4.74 Å². The topological polar surface area (TPSA) is 29.5 Å². The highest BCUT2D eigenvalue weighted by Crippen LogP contribution is 2.20. The Morgan fingerprint density at radius 1 is 1.50 bits per heavy atom. The first-order valence-electron chi connectivity index (χ1n) is 5.28. The first-order chi connectivity index (χ1) is 7.72. The van der Waals surface area contributed by atoms with Gasteiger partial charge in [-0.3, -0.25) is 4.79 Å². The summed E-state index contributed by atoms with van der Waals surface area (Å²) in [7, 11) is 1.62. The van der Waals surface area contributed by atoms with E-state index in [1.165, 1.54) is 24.3 Å². The summed E-state index contributed by atoms with van der Waals surface area (Å²) < 4.78 is 17.7. The highest BCUT2D eigenvalue weighted by molar-refractivity contribution is 5.94. The summed E-state index contributed by atoms with van der Waals surface area (Å²) in [5.41, 5.74) is 0.530. The summed E-state index contributed by atoms with van der Waals surface area (Å²) >= 11 is 0. The van der Waals surface area contributed by atoms with Crippen molar-refractivity contribution in [2.24, 2.45) is 0 Å². The molecule has 1 unspecified atom stereocenters. The van der Waals surface area contributed by atoms with Gasteiger partial charge in [0.15, 0.2) is 0 Å². The Bertz CT molecular complexity index is 377. The van der Waals surface area contributed by atoms with Crippen molar-refractivity contribution in [1.29, 1.82) is 0 Å². The monoisotopic (exact) mass is 223 g/mol. The standard InChI is InChI=1S/C12H14FNO2/c1-16-8-11-6-7-14(11)12(15)9-2-4-10(13)5-3-9/h2-5,11H,6-8H2,1H3. The molecule has 0 N–H and O–H groups in total. The van der Waals surface area contributed by atoms with Gasteiger partial charge in [-0.1, -0.05) is 0 Å². The summed E-state index contributed by atoms with van der Waals surface area (Å²) in [6.07, 6.45) is 0.973. The second-order valence-electron chi connectivity index (χ2n) is 3.90. The fourth-order valence-corrected chi connectivity index (χ4v) is 1.83. The molecule has 0 aliphatic carbocycles. The molecule has 1 fully saturated rings. The Kier molecular flexibility index (Phi) is 3.19. The molecule has 0 bridgehead atoms. The molecule has 1 atom stereocenters. The van der Waals surface area contributed by atoms with Gasteiger partial charge in [0.05, 0.1) is 12.6 Å². The largest absolute Gasteiger partial charge is 0.383 e. The summed E-state index contributed by atoms with van der Waals surface area (Å²) in [4.78, 5) is 13.7. The Balaban J connectivity index is 2.05. The van der Waals surface area contributed by atoms with E-state index in [0.717, 1.165) is 13.0 Å². The molecule has 1 aliphatic rings. The number of carbonyl (C=O) groups is 1. The molecule has 0 aromatic heterocycles. The molecule has 1 heterocycles. The van der Waals surface area contributed by atoms with Crippen molar-refractivity contribution in [3.8, 4) is 0 Å². The van der Waals surface area contributed by atoms with Gasteiger partial charge in [0.25, 0.3) is 5.91 Å². The Hall–Kier alpha value is -1.42. The van der Waals surface area contributed by atoms with E-state index in [0.29, 0.717) is 12.2 Å². The van der Waals surface area contributed by atoms with E-state index >= 15 is 0 Å². The first kappa shape index (κ1) is 11.1. The number of carbonyl (C=O) groups excluding carboxylic acids is 1. The van der Waals surface area contributed by atoms with Crippen LogP contribution in [0.4, 0.5) is 4.39 Å². The summed E-state index contributed by atoms with van der Waals surface area (Å²) in [5.74, 6) is -0.373. The van der Waals surface area contributed by atoms with E-state index in [2.05, 4.69) is 0 Å². The molecule has 1 saturated heterocycles. The predicted octanol–water partition coefficient (Wildman–Crippen LogP) is 1.69. The molecule has 0 radical (unpaired) electrons. The van der Waals surface area contributed by atoms with Crippen molar-refractivity contribution in [2.75, 3.05) is 20.3 Å². The van der Waals surface area contributed by atoms with Gasteiger partial charge >= 0.3 is 0 Å². The van der Waals surface area contributed by atoms with Crippen molar-refractivity contribution in [3.05, 3.63) is 35.6 Å². The van der Waals surface area contributed by atoms with Crippen LogP contribution < -0.4 is 0 Å². The fraction of sp³-hybridized carbons (Fsp3) is 0.417. The van der Waals surface area contributed by atoms with Crippen molar-refractivity contribution >= 4 is 5.91 Å². The molecule has 1 amide bonds. The normalized spacial score (nSPS) is 19.4. The lowest BCUT2D eigenvalue weighted by Crippen LogP contribution is -2.53.